The van der Waals surface area contributed by atoms with Gasteiger partial charge in [0.25, 0.3) is 0 Å². The van der Waals surface area contributed by atoms with Crippen LogP contribution in [0.5, 0.6) is 5.75 Å². The standard InChI is InChI=1S/C16H16N2O3S/c19-9-13(21)8-17-11-4-5-14-15(7-11)22-16(18-14)10-2-1-3-12(20)6-10/h1-7,13,17,19-21H,8-9H2. The third-order valence-electron chi connectivity index (χ3n) is 3.23. The molecule has 3 aromatic rings. The molecule has 5 nitrogen and oxygen atoms in total. The molecule has 0 spiro atoms. The van der Waals surface area contributed by atoms with Crippen LogP contribution >= 0.6 is 11.3 Å². The Morgan fingerprint density at radius 1 is 1.18 bits per heavy atom. The average molecular weight is 316 g/mol. The predicted octanol–water partition coefficient (Wildman–Crippen LogP) is 2.43. The van der Waals surface area contributed by atoms with Gasteiger partial charge >= 0.3 is 0 Å². The highest BCUT2D eigenvalue weighted by atomic mass is 32.1. The molecule has 22 heavy (non-hydrogen) atoms. The molecule has 0 aliphatic carbocycles. The number of aliphatic hydroxyl groups excluding tert-OH is 2. The summed E-state index contributed by atoms with van der Waals surface area (Å²) >= 11 is 1.54. The van der Waals surface area contributed by atoms with Gasteiger partial charge in [0.2, 0.25) is 0 Å². The van der Waals surface area contributed by atoms with Crippen molar-refractivity contribution in [1.29, 1.82) is 0 Å². The van der Waals surface area contributed by atoms with Gasteiger partial charge < -0.3 is 20.6 Å². The second-order valence-electron chi connectivity index (χ2n) is 4.97. The average Bonchev–Trinajstić information content (AvgIpc) is 2.95. The van der Waals surface area contributed by atoms with Gasteiger partial charge in [-0.1, -0.05) is 12.1 Å². The lowest BCUT2D eigenvalue weighted by Crippen LogP contribution is -2.22. The van der Waals surface area contributed by atoms with Crippen LogP contribution in [-0.4, -0.2) is 39.6 Å². The minimum Gasteiger partial charge on any atom is -0.508 e. The fourth-order valence-electron chi connectivity index (χ4n) is 2.10. The molecule has 0 radical (unpaired) electrons. The number of fused-ring (bicyclic) bond motifs is 1. The lowest BCUT2D eigenvalue weighted by Gasteiger charge is -2.09. The molecule has 4 N–H and O–H groups in total. The third-order valence-corrected chi connectivity index (χ3v) is 4.30. The highest BCUT2D eigenvalue weighted by Crippen LogP contribution is 2.32. The number of thiazole rings is 1. The Morgan fingerprint density at radius 3 is 2.82 bits per heavy atom. The molecule has 0 saturated carbocycles. The quantitative estimate of drug-likeness (QED) is 0.581. The number of anilines is 1. The summed E-state index contributed by atoms with van der Waals surface area (Å²) in [6, 6.07) is 12.8. The Kier molecular flexibility index (Phi) is 4.24. The number of hydrogen-bond donors (Lipinski definition) is 4. The number of aliphatic hydroxyl groups is 2. The van der Waals surface area contributed by atoms with Crippen molar-refractivity contribution in [2.24, 2.45) is 0 Å². The van der Waals surface area contributed by atoms with E-state index in [1.807, 2.05) is 24.3 Å². The molecular weight excluding hydrogens is 300 g/mol. The third kappa shape index (κ3) is 3.19. The zero-order valence-electron chi connectivity index (χ0n) is 11.7. The Balaban J connectivity index is 1.87. The summed E-state index contributed by atoms with van der Waals surface area (Å²) in [5, 5.41) is 31.7. The Hall–Kier alpha value is -2.15. The molecule has 0 saturated heterocycles. The molecule has 1 unspecified atom stereocenters. The van der Waals surface area contributed by atoms with Crippen molar-refractivity contribution in [2.75, 3.05) is 18.5 Å². The number of aromatic nitrogens is 1. The van der Waals surface area contributed by atoms with Gasteiger partial charge in [-0.25, -0.2) is 4.98 Å². The predicted molar refractivity (Wildman–Crippen MR) is 88.3 cm³/mol. The molecule has 0 aliphatic heterocycles. The van der Waals surface area contributed by atoms with Crippen molar-refractivity contribution in [3.8, 4) is 16.3 Å². The maximum absolute atomic E-state index is 9.56. The van der Waals surface area contributed by atoms with Gasteiger partial charge in [-0.3, -0.25) is 0 Å². The fraction of sp³-hybridized carbons (Fsp3) is 0.188. The second-order valence-corrected chi connectivity index (χ2v) is 6.00. The minimum absolute atomic E-state index is 0.220. The minimum atomic E-state index is -0.778. The zero-order valence-corrected chi connectivity index (χ0v) is 12.5. The zero-order chi connectivity index (χ0) is 15.5. The largest absolute Gasteiger partial charge is 0.508 e. The summed E-state index contributed by atoms with van der Waals surface area (Å²) < 4.78 is 1.02. The van der Waals surface area contributed by atoms with Crippen molar-refractivity contribution in [3.63, 3.8) is 0 Å². The van der Waals surface area contributed by atoms with Gasteiger partial charge in [-0.05, 0) is 30.3 Å². The molecule has 3 rings (SSSR count). The van der Waals surface area contributed by atoms with E-state index >= 15 is 0 Å². The van der Waals surface area contributed by atoms with Crippen LogP contribution in [0.1, 0.15) is 0 Å². The van der Waals surface area contributed by atoms with E-state index in [4.69, 9.17) is 5.11 Å². The number of rotatable bonds is 5. The van der Waals surface area contributed by atoms with Gasteiger partial charge in [0.1, 0.15) is 10.8 Å². The van der Waals surface area contributed by atoms with Crippen molar-refractivity contribution >= 4 is 27.2 Å². The fourth-order valence-corrected chi connectivity index (χ4v) is 3.10. The Morgan fingerprint density at radius 2 is 2.05 bits per heavy atom. The molecule has 0 fully saturated rings. The summed E-state index contributed by atoms with van der Waals surface area (Å²) in [4.78, 5) is 4.57. The lowest BCUT2D eigenvalue weighted by molar-refractivity contribution is 0.105. The van der Waals surface area contributed by atoms with Crippen LogP contribution in [0.15, 0.2) is 42.5 Å². The first-order valence-corrected chi connectivity index (χ1v) is 7.70. The molecule has 0 bridgehead atoms. The van der Waals surface area contributed by atoms with E-state index in [9.17, 15) is 10.2 Å². The van der Waals surface area contributed by atoms with Crippen molar-refractivity contribution in [3.05, 3.63) is 42.5 Å². The van der Waals surface area contributed by atoms with Crippen LogP contribution in [0.25, 0.3) is 20.8 Å². The van der Waals surface area contributed by atoms with Crippen LogP contribution in [0.2, 0.25) is 0 Å². The molecule has 114 valence electrons. The van der Waals surface area contributed by atoms with Crippen molar-refractivity contribution < 1.29 is 15.3 Å². The number of phenols is 1. The highest BCUT2D eigenvalue weighted by molar-refractivity contribution is 7.21. The number of aromatic hydroxyl groups is 1. The van der Waals surface area contributed by atoms with Crippen LogP contribution in [0, 0.1) is 0 Å². The number of benzene rings is 2. The van der Waals surface area contributed by atoms with E-state index in [1.165, 1.54) is 11.3 Å². The normalized spacial score (nSPS) is 12.5. The number of nitrogens with zero attached hydrogens (tertiary/aromatic N) is 1. The molecule has 1 atom stereocenters. The van der Waals surface area contributed by atoms with Gasteiger partial charge in [0, 0.05) is 17.8 Å². The Labute approximate surface area is 131 Å². The smallest absolute Gasteiger partial charge is 0.124 e. The first-order chi connectivity index (χ1) is 10.7. The first-order valence-electron chi connectivity index (χ1n) is 6.88. The van der Waals surface area contributed by atoms with Crippen LogP contribution in [0.3, 0.4) is 0 Å². The number of hydrogen-bond acceptors (Lipinski definition) is 6. The highest BCUT2D eigenvalue weighted by Gasteiger charge is 2.08. The second kappa shape index (κ2) is 6.31. The summed E-state index contributed by atoms with van der Waals surface area (Å²) in [5.74, 6) is 0.220. The summed E-state index contributed by atoms with van der Waals surface area (Å²) in [6.07, 6.45) is -0.778. The molecular formula is C16H16N2O3S. The van der Waals surface area contributed by atoms with E-state index in [0.717, 1.165) is 26.5 Å². The topological polar surface area (TPSA) is 85.6 Å². The van der Waals surface area contributed by atoms with Gasteiger partial charge in [0.05, 0.1) is 22.9 Å². The molecule has 0 aliphatic rings. The van der Waals surface area contributed by atoms with E-state index in [2.05, 4.69) is 10.3 Å². The van der Waals surface area contributed by atoms with Crippen LogP contribution in [0.4, 0.5) is 5.69 Å². The van der Waals surface area contributed by atoms with Crippen LogP contribution in [-0.2, 0) is 0 Å². The molecule has 1 heterocycles. The van der Waals surface area contributed by atoms with Gasteiger partial charge in [-0.15, -0.1) is 11.3 Å². The van der Waals surface area contributed by atoms with Crippen LogP contribution < -0.4 is 5.32 Å². The SMILES string of the molecule is OCC(O)CNc1ccc2nc(-c3cccc(O)c3)sc2c1. The van der Waals surface area contributed by atoms with E-state index in [-0.39, 0.29) is 12.4 Å². The molecule has 1 aromatic heterocycles. The van der Waals surface area contributed by atoms with Crippen molar-refractivity contribution in [1.82, 2.24) is 4.98 Å². The van der Waals surface area contributed by atoms with E-state index in [1.54, 1.807) is 18.2 Å². The maximum atomic E-state index is 9.56. The molecule has 0 amide bonds. The van der Waals surface area contributed by atoms with Crippen molar-refractivity contribution in [2.45, 2.75) is 6.10 Å². The van der Waals surface area contributed by atoms with Gasteiger partial charge in [0.15, 0.2) is 0 Å². The Bertz CT molecular complexity index is 788. The molecule has 2 aromatic carbocycles. The maximum Gasteiger partial charge on any atom is 0.124 e. The summed E-state index contributed by atoms with van der Waals surface area (Å²) in [6.45, 7) is 0.0255. The monoisotopic (exact) mass is 316 g/mol. The van der Waals surface area contributed by atoms with Gasteiger partial charge in [-0.2, -0.15) is 0 Å². The summed E-state index contributed by atoms with van der Waals surface area (Å²) in [5.41, 5.74) is 2.63. The number of phenolic OH excluding ortho intramolecular Hbond substituents is 1. The first kappa shape index (κ1) is 14.8. The van der Waals surface area contributed by atoms with E-state index in [0.29, 0.717) is 6.54 Å². The summed E-state index contributed by atoms with van der Waals surface area (Å²) in [7, 11) is 0. The lowest BCUT2D eigenvalue weighted by atomic mass is 10.2. The number of nitrogens with one attached hydrogen (secondary N) is 1. The van der Waals surface area contributed by atoms with E-state index < -0.39 is 6.10 Å². The molecule has 6 heteroatoms.